The molecule has 1 rings (SSSR count). The highest BCUT2D eigenvalue weighted by atomic mass is 19.1. The van der Waals surface area contributed by atoms with E-state index in [9.17, 15) is 9.50 Å². The molecular formula is C12H18FNO. The van der Waals surface area contributed by atoms with Gasteiger partial charge >= 0.3 is 0 Å². The molecule has 0 saturated carbocycles. The molecule has 0 aliphatic carbocycles. The number of rotatable bonds is 5. The van der Waals surface area contributed by atoms with Crippen molar-refractivity contribution < 1.29 is 9.50 Å². The molecule has 2 nitrogen and oxygen atoms in total. The van der Waals surface area contributed by atoms with Gasteiger partial charge in [-0.05, 0) is 31.5 Å². The Morgan fingerprint density at radius 1 is 1.20 bits per heavy atom. The maximum Gasteiger partial charge on any atom is 0.119 e. The zero-order valence-electron chi connectivity index (χ0n) is 9.28. The van der Waals surface area contributed by atoms with E-state index in [-0.39, 0.29) is 0 Å². The summed E-state index contributed by atoms with van der Waals surface area (Å²) in [5, 5.41) is 9.28. The van der Waals surface area contributed by atoms with Crippen molar-refractivity contribution in [2.45, 2.75) is 20.0 Å². The summed E-state index contributed by atoms with van der Waals surface area (Å²) in [5.74, 6) is 0. The van der Waals surface area contributed by atoms with Crippen LogP contribution in [0.3, 0.4) is 0 Å². The number of hydrogen-bond donors (Lipinski definition) is 1. The predicted octanol–water partition coefficient (Wildman–Crippen LogP) is 2.54. The van der Waals surface area contributed by atoms with E-state index in [1.807, 2.05) is 12.1 Å². The Morgan fingerprint density at radius 2 is 1.73 bits per heavy atom. The van der Waals surface area contributed by atoms with Crippen LogP contribution in [0.15, 0.2) is 24.3 Å². The Labute approximate surface area is 90.3 Å². The molecule has 1 aromatic rings. The maximum absolute atomic E-state index is 12.2. The molecule has 1 unspecified atom stereocenters. The van der Waals surface area contributed by atoms with Crippen LogP contribution in [-0.2, 0) is 0 Å². The minimum atomic E-state index is -0.990. The van der Waals surface area contributed by atoms with Gasteiger partial charge in [-0.15, -0.1) is 0 Å². The van der Waals surface area contributed by atoms with Crippen molar-refractivity contribution in [1.29, 1.82) is 0 Å². The van der Waals surface area contributed by atoms with Gasteiger partial charge in [-0.1, -0.05) is 12.1 Å². The second-order valence-corrected chi connectivity index (χ2v) is 3.43. The molecule has 3 heteroatoms. The van der Waals surface area contributed by atoms with Crippen LogP contribution in [0, 0.1) is 0 Å². The van der Waals surface area contributed by atoms with Crippen LogP contribution in [0.2, 0.25) is 0 Å². The van der Waals surface area contributed by atoms with E-state index >= 15 is 0 Å². The van der Waals surface area contributed by atoms with Crippen LogP contribution in [0.4, 0.5) is 10.1 Å². The lowest BCUT2D eigenvalue weighted by atomic mass is 10.1. The number of halogens is 1. The molecule has 1 aromatic carbocycles. The number of anilines is 1. The van der Waals surface area contributed by atoms with Crippen LogP contribution in [0.25, 0.3) is 0 Å². The Morgan fingerprint density at radius 3 is 2.13 bits per heavy atom. The van der Waals surface area contributed by atoms with Gasteiger partial charge in [-0.2, -0.15) is 0 Å². The third kappa shape index (κ3) is 2.93. The fraction of sp³-hybridized carbons (Fsp3) is 0.500. The average Bonchev–Trinajstić information content (AvgIpc) is 2.30. The van der Waals surface area contributed by atoms with E-state index in [0.717, 1.165) is 18.8 Å². The molecule has 0 aromatic heterocycles. The molecule has 15 heavy (non-hydrogen) atoms. The summed E-state index contributed by atoms with van der Waals surface area (Å²) in [6, 6.07) is 7.39. The molecule has 0 fully saturated rings. The first-order chi connectivity index (χ1) is 7.22. The average molecular weight is 211 g/mol. The maximum atomic E-state index is 12.2. The lowest BCUT2D eigenvalue weighted by Crippen LogP contribution is -2.21. The van der Waals surface area contributed by atoms with Crippen LogP contribution >= 0.6 is 0 Å². The van der Waals surface area contributed by atoms with Gasteiger partial charge < -0.3 is 10.0 Å². The summed E-state index contributed by atoms with van der Waals surface area (Å²) in [7, 11) is 0. The molecule has 1 atom stereocenters. The minimum absolute atomic E-state index is 0.633. The quantitative estimate of drug-likeness (QED) is 0.809. The SMILES string of the molecule is CCN(CC)c1ccc(C(O)CF)cc1. The van der Waals surface area contributed by atoms with Gasteiger partial charge in [-0.25, -0.2) is 4.39 Å². The molecule has 0 amide bonds. The van der Waals surface area contributed by atoms with Crippen LogP contribution < -0.4 is 4.90 Å². The predicted molar refractivity (Wildman–Crippen MR) is 60.9 cm³/mol. The molecular weight excluding hydrogens is 193 g/mol. The zero-order valence-corrected chi connectivity index (χ0v) is 9.28. The van der Waals surface area contributed by atoms with Gasteiger partial charge in [0.1, 0.15) is 12.8 Å². The van der Waals surface area contributed by atoms with Crippen molar-refractivity contribution in [2.75, 3.05) is 24.7 Å². The lowest BCUT2D eigenvalue weighted by Gasteiger charge is -2.21. The Hall–Kier alpha value is -1.09. The van der Waals surface area contributed by atoms with Crippen molar-refractivity contribution >= 4 is 5.69 Å². The van der Waals surface area contributed by atoms with Gasteiger partial charge in [0.05, 0.1) is 0 Å². The molecule has 0 spiro atoms. The largest absolute Gasteiger partial charge is 0.386 e. The van der Waals surface area contributed by atoms with Crippen molar-refractivity contribution in [1.82, 2.24) is 0 Å². The van der Waals surface area contributed by atoms with Gasteiger partial charge in [0.2, 0.25) is 0 Å². The first-order valence-corrected chi connectivity index (χ1v) is 5.31. The molecule has 0 aliphatic rings. The normalized spacial score (nSPS) is 12.5. The molecule has 84 valence electrons. The summed E-state index contributed by atoms with van der Waals surface area (Å²) >= 11 is 0. The fourth-order valence-corrected chi connectivity index (χ4v) is 1.59. The Balaban J connectivity index is 2.79. The van der Waals surface area contributed by atoms with Crippen LogP contribution in [0.1, 0.15) is 25.5 Å². The minimum Gasteiger partial charge on any atom is -0.386 e. The number of alkyl halides is 1. The van der Waals surface area contributed by atoms with E-state index in [2.05, 4.69) is 18.7 Å². The fourth-order valence-electron chi connectivity index (χ4n) is 1.59. The van der Waals surface area contributed by atoms with E-state index in [1.54, 1.807) is 12.1 Å². The van der Waals surface area contributed by atoms with Crippen molar-refractivity contribution in [2.24, 2.45) is 0 Å². The summed E-state index contributed by atoms with van der Waals surface area (Å²) in [6.45, 7) is 5.34. The topological polar surface area (TPSA) is 23.5 Å². The number of aliphatic hydroxyl groups excluding tert-OH is 1. The first-order valence-electron chi connectivity index (χ1n) is 5.31. The zero-order chi connectivity index (χ0) is 11.3. The van der Waals surface area contributed by atoms with Crippen molar-refractivity contribution in [3.05, 3.63) is 29.8 Å². The Bertz CT molecular complexity index is 282. The molecule has 0 heterocycles. The summed E-state index contributed by atoms with van der Waals surface area (Å²) in [5.41, 5.74) is 1.74. The Kier molecular flexibility index (Phi) is 4.56. The number of nitrogens with zero attached hydrogens (tertiary/aromatic N) is 1. The van der Waals surface area contributed by atoms with E-state index in [1.165, 1.54) is 0 Å². The highest BCUT2D eigenvalue weighted by Gasteiger charge is 2.07. The first kappa shape index (κ1) is 12.0. The number of hydrogen-bond acceptors (Lipinski definition) is 2. The van der Waals surface area contributed by atoms with Gasteiger partial charge in [0.25, 0.3) is 0 Å². The smallest absolute Gasteiger partial charge is 0.119 e. The summed E-state index contributed by atoms with van der Waals surface area (Å²) < 4.78 is 12.2. The monoisotopic (exact) mass is 211 g/mol. The van der Waals surface area contributed by atoms with Gasteiger partial charge in [0, 0.05) is 18.8 Å². The highest BCUT2D eigenvalue weighted by molar-refractivity contribution is 5.47. The highest BCUT2D eigenvalue weighted by Crippen LogP contribution is 2.19. The molecule has 0 bridgehead atoms. The van der Waals surface area contributed by atoms with Crippen LogP contribution in [-0.4, -0.2) is 24.9 Å². The lowest BCUT2D eigenvalue weighted by molar-refractivity contribution is 0.142. The second-order valence-electron chi connectivity index (χ2n) is 3.43. The second kappa shape index (κ2) is 5.71. The summed E-state index contributed by atoms with van der Waals surface area (Å²) in [4.78, 5) is 2.20. The molecule has 0 radical (unpaired) electrons. The van der Waals surface area contributed by atoms with Crippen LogP contribution in [0.5, 0.6) is 0 Å². The van der Waals surface area contributed by atoms with Crippen molar-refractivity contribution in [3.63, 3.8) is 0 Å². The third-order valence-electron chi connectivity index (χ3n) is 2.55. The standard InChI is InChI=1S/C12H18FNO/c1-3-14(4-2)11-7-5-10(6-8-11)12(15)9-13/h5-8,12,15H,3-4,9H2,1-2H3. The number of aliphatic hydroxyl groups is 1. The van der Waals surface area contributed by atoms with Crippen molar-refractivity contribution in [3.8, 4) is 0 Å². The van der Waals surface area contributed by atoms with Gasteiger partial charge in [0.15, 0.2) is 0 Å². The summed E-state index contributed by atoms with van der Waals surface area (Å²) in [6.07, 6.45) is -0.990. The molecule has 1 N–H and O–H groups in total. The third-order valence-corrected chi connectivity index (χ3v) is 2.55. The molecule has 0 saturated heterocycles. The van der Waals surface area contributed by atoms with Gasteiger partial charge in [-0.3, -0.25) is 0 Å². The van der Waals surface area contributed by atoms with E-state index < -0.39 is 12.8 Å². The number of benzene rings is 1. The molecule has 0 aliphatic heterocycles. The van der Waals surface area contributed by atoms with E-state index in [4.69, 9.17) is 0 Å². The van der Waals surface area contributed by atoms with E-state index in [0.29, 0.717) is 5.56 Å².